The van der Waals surface area contributed by atoms with Crippen LogP contribution in [-0.4, -0.2) is 5.11 Å². The third kappa shape index (κ3) is 3.46. The maximum absolute atomic E-state index is 14.0. The third-order valence-corrected chi connectivity index (χ3v) is 4.10. The second-order valence-corrected chi connectivity index (χ2v) is 6.04. The Morgan fingerprint density at radius 3 is 2.29 bits per heavy atom. The van der Waals surface area contributed by atoms with E-state index in [1.807, 2.05) is 0 Å². The number of hydrogen-bond acceptors (Lipinski definition) is 1. The van der Waals surface area contributed by atoms with E-state index in [1.54, 1.807) is 12.1 Å². The fourth-order valence-corrected chi connectivity index (χ4v) is 2.71. The second-order valence-electron chi connectivity index (χ2n) is 4.27. The normalized spacial score (nSPS) is 13.3. The minimum Gasteiger partial charge on any atom is -0.384 e. The molecule has 0 aliphatic rings. The van der Waals surface area contributed by atoms with E-state index in [2.05, 4.69) is 31.9 Å². The van der Waals surface area contributed by atoms with Crippen LogP contribution < -0.4 is 0 Å². The second kappa shape index (κ2) is 6.06. The summed E-state index contributed by atoms with van der Waals surface area (Å²) in [7, 11) is 0. The molecule has 0 bridgehead atoms. The first-order valence-electron chi connectivity index (χ1n) is 5.70. The number of halogens is 6. The average molecular weight is 428 g/mol. The molecule has 0 fully saturated rings. The predicted molar refractivity (Wildman–Crippen MR) is 77.3 cm³/mol. The molecular weight excluding hydrogens is 420 g/mol. The zero-order valence-electron chi connectivity index (χ0n) is 10.3. The van der Waals surface area contributed by atoms with E-state index in [-0.39, 0.29) is 5.56 Å². The number of alkyl halides is 3. The molecule has 21 heavy (non-hydrogen) atoms. The van der Waals surface area contributed by atoms with Crippen molar-refractivity contribution in [2.75, 3.05) is 0 Å². The van der Waals surface area contributed by atoms with Crippen LogP contribution in [0.3, 0.4) is 0 Å². The maximum Gasteiger partial charge on any atom is 0.419 e. The first-order chi connectivity index (χ1) is 9.71. The molecule has 112 valence electrons. The van der Waals surface area contributed by atoms with Crippen molar-refractivity contribution in [3.63, 3.8) is 0 Å². The van der Waals surface area contributed by atoms with E-state index in [1.165, 1.54) is 6.07 Å². The highest BCUT2D eigenvalue weighted by Gasteiger charge is 2.35. The molecule has 1 nitrogen and oxygen atoms in total. The van der Waals surface area contributed by atoms with Gasteiger partial charge in [-0.3, -0.25) is 0 Å². The lowest BCUT2D eigenvalue weighted by Gasteiger charge is -2.17. The van der Waals surface area contributed by atoms with Crippen LogP contribution in [0, 0.1) is 5.82 Å². The van der Waals surface area contributed by atoms with Crippen LogP contribution in [-0.2, 0) is 6.18 Å². The summed E-state index contributed by atoms with van der Waals surface area (Å²) in [6.07, 6.45) is -6.33. The summed E-state index contributed by atoms with van der Waals surface area (Å²) >= 11 is 6.38. The van der Waals surface area contributed by atoms with E-state index in [0.29, 0.717) is 15.0 Å². The van der Waals surface area contributed by atoms with Gasteiger partial charge in [-0.05, 0) is 24.3 Å². The molecule has 1 N–H and O–H groups in total. The van der Waals surface area contributed by atoms with Crippen LogP contribution in [0.4, 0.5) is 17.6 Å². The SMILES string of the molecule is OC(c1cc(Br)ccc1Br)c1cccc(C(F)(F)F)c1F. The Morgan fingerprint density at radius 1 is 1.00 bits per heavy atom. The zero-order valence-corrected chi connectivity index (χ0v) is 13.4. The zero-order chi connectivity index (χ0) is 15.8. The van der Waals surface area contributed by atoms with Gasteiger partial charge >= 0.3 is 6.18 Å². The van der Waals surface area contributed by atoms with Crippen molar-refractivity contribution in [2.45, 2.75) is 12.3 Å². The van der Waals surface area contributed by atoms with Gasteiger partial charge < -0.3 is 5.11 Å². The lowest BCUT2D eigenvalue weighted by atomic mass is 9.99. The van der Waals surface area contributed by atoms with Crippen LogP contribution in [0.2, 0.25) is 0 Å². The first kappa shape index (κ1) is 16.5. The Kier molecular flexibility index (Phi) is 4.75. The maximum atomic E-state index is 14.0. The third-order valence-electron chi connectivity index (χ3n) is 2.88. The molecule has 2 aromatic carbocycles. The fourth-order valence-electron chi connectivity index (χ4n) is 1.87. The molecule has 0 saturated heterocycles. The van der Waals surface area contributed by atoms with Crippen LogP contribution in [0.25, 0.3) is 0 Å². The Morgan fingerprint density at radius 2 is 1.67 bits per heavy atom. The van der Waals surface area contributed by atoms with Gasteiger partial charge in [-0.15, -0.1) is 0 Å². The lowest BCUT2D eigenvalue weighted by molar-refractivity contribution is -0.140. The Bertz CT molecular complexity index is 671. The van der Waals surface area contributed by atoms with Gasteiger partial charge in [-0.2, -0.15) is 13.2 Å². The molecule has 7 heteroatoms. The van der Waals surface area contributed by atoms with Crippen LogP contribution in [0.5, 0.6) is 0 Å². The average Bonchev–Trinajstić information content (AvgIpc) is 2.39. The molecule has 2 rings (SSSR count). The van der Waals surface area contributed by atoms with Gasteiger partial charge in [0.15, 0.2) is 0 Å². The minimum absolute atomic E-state index is 0.266. The topological polar surface area (TPSA) is 20.2 Å². The molecule has 1 atom stereocenters. The van der Waals surface area contributed by atoms with Gasteiger partial charge in [0, 0.05) is 20.1 Å². The standard InChI is InChI=1S/C14H8Br2F4O/c15-7-4-5-11(16)9(6-7)13(21)8-2-1-3-10(12(8)17)14(18,19)20/h1-6,13,21H. The van der Waals surface area contributed by atoms with Crippen LogP contribution >= 0.6 is 31.9 Å². The predicted octanol–water partition coefficient (Wildman–Crippen LogP) is 5.45. The van der Waals surface area contributed by atoms with Crippen LogP contribution in [0.15, 0.2) is 45.3 Å². The fraction of sp³-hybridized carbons (Fsp3) is 0.143. The Labute approximate surface area is 134 Å². The molecule has 0 heterocycles. The quantitative estimate of drug-likeness (QED) is 0.631. The van der Waals surface area contributed by atoms with Crippen LogP contribution in [0.1, 0.15) is 22.8 Å². The van der Waals surface area contributed by atoms with Crippen molar-refractivity contribution in [1.82, 2.24) is 0 Å². The minimum atomic E-state index is -4.81. The van der Waals surface area contributed by atoms with E-state index in [9.17, 15) is 22.7 Å². The molecule has 0 amide bonds. The van der Waals surface area contributed by atoms with E-state index in [4.69, 9.17) is 0 Å². The van der Waals surface area contributed by atoms with Gasteiger partial charge in [-0.1, -0.05) is 44.0 Å². The number of hydrogen-bond donors (Lipinski definition) is 1. The molecule has 1 unspecified atom stereocenters. The van der Waals surface area contributed by atoms with E-state index < -0.39 is 29.2 Å². The Balaban J connectivity index is 2.54. The summed E-state index contributed by atoms with van der Waals surface area (Å²) in [6, 6.07) is 7.63. The first-order valence-corrected chi connectivity index (χ1v) is 7.29. The largest absolute Gasteiger partial charge is 0.419 e. The molecule has 0 saturated carbocycles. The highest BCUT2D eigenvalue weighted by atomic mass is 79.9. The Hall–Kier alpha value is -0.920. The van der Waals surface area contributed by atoms with Crippen molar-refractivity contribution >= 4 is 31.9 Å². The van der Waals surface area contributed by atoms with Gasteiger partial charge in [0.05, 0.1) is 5.56 Å². The molecular formula is C14H8Br2F4O. The molecule has 0 aromatic heterocycles. The smallest absolute Gasteiger partial charge is 0.384 e. The molecule has 0 spiro atoms. The van der Waals surface area contributed by atoms with Gasteiger partial charge in [0.25, 0.3) is 0 Å². The van der Waals surface area contributed by atoms with Gasteiger partial charge in [-0.25, -0.2) is 4.39 Å². The molecule has 0 aliphatic carbocycles. The lowest BCUT2D eigenvalue weighted by Crippen LogP contribution is -2.12. The van der Waals surface area contributed by atoms with E-state index in [0.717, 1.165) is 12.1 Å². The highest BCUT2D eigenvalue weighted by molar-refractivity contribution is 9.11. The summed E-state index contributed by atoms with van der Waals surface area (Å²) in [5.74, 6) is -1.47. The molecule has 2 aromatic rings. The van der Waals surface area contributed by atoms with Crippen molar-refractivity contribution in [1.29, 1.82) is 0 Å². The number of aliphatic hydroxyl groups excluding tert-OH is 1. The number of rotatable bonds is 2. The van der Waals surface area contributed by atoms with Gasteiger partial charge in [0.2, 0.25) is 0 Å². The summed E-state index contributed by atoms with van der Waals surface area (Å²) in [5.41, 5.74) is -1.56. The van der Waals surface area contributed by atoms with Crippen molar-refractivity contribution in [3.8, 4) is 0 Å². The molecule has 0 radical (unpaired) electrons. The van der Waals surface area contributed by atoms with Gasteiger partial charge in [0.1, 0.15) is 11.9 Å². The van der Waals surface area contributed by atoms with E-state index >= 15 is 0 Å². The monoisotopic (exact) mass is 426 g/mol. The molecule has 0 aliphatic heterocycles. The van der Waals surface area contributed by atoms with Crippen molar-refractivity contribution < 1.29 is 22.7 Å². The number of aliphatic hydroxyl groups is 1. The highest BCUT2D eigenvalue weighted by Crippen LogP contribution is 2.37. The van der Waals surface area contributed by atoms with Crippen molar-refractivity contribution in [3.05, 3.63) is 67.9 Å². The summed E-state index contributed by atoms with van der Waals surface area (Å²) in [4.78, 5) is 0. The summed E-state index contributed by atoms with van der Waals surface area (Å²) in [6.45, 7) is 0. The van der Waals surface area contributed by atoms with Crippen molar-refractivity contribution in [2.24, 2.45) is 0 Å². The number of benzene rings is 2. The summed E-state index contributed by atoms with van der Waals surface area (Å²) < 4.78 is 53.2. The summed E-state index contributed by atoms with van der Waals surface area (Å²) in [5, 5.41) is 10.2.